The van der Waals surface area contributed by atoms with Crippen LogP contribution in [0.4, 0.5) is 0 Å². The molecule has 140 valence electrons. The van der Waals surface area contributed by atoms with E-state index in [0.717, 1.165) is 59.1 Å². The molecule has 0 radical (unpaired) electrons. The molecule has 1 N–H and O–H groups in total. The molecule has 28 heavy (non-hydrogen) atoms. The van der Waals surface area contributed by atoms with Gasteiger partial charge in [-0.3, -0.25) is 9.78 Å². The summed E-state index contributed by atoms with van der Waals surface area (Å²) in [6.07, 6.45) is 2.58. The predicted molar refractivity (Wildman–Crippen MR) is 110 cm³/mol. The second-order valence-corrected chi connectivity index (χ2v) is 7.03. The van der Waals surface area contributed by atoms with E-state index in [4.69, 9.17) is 4.74 Å². The fourth-order valence-corrected chi connectivity index (χ4v) is 4.11. The number of Topliss-reactive ketones (excluding diaryl/α,β-unsaturated/α-hetero) is 1. The molecule has 5 nitrogen and oxygen atoms in total. The van der Waals surface area contributed by atoms with Gasteiger partial charge in [-0.1, -0.05) is 36.4 Å². The van der Waals surface area contributed by atoms with E-state index in [-0.39, 0.29) is 12.4 Å². The van der Waals surface area contributed by atoms with E-state index in [0.29, 0.717) is 5.75 Å². The van der Waals surface area contributed by atoms with Crippen LogP contribution in [0.3, 0.4) is 0 Å². The predicted octanol–water partition coefficient (Wildman–Crippen LogP) is 3.60. The van der Waals surface area contributed by atoms with Gasteiger partial charge in [0.25, 0.3) is 0 Å². The van der Waals surface area contributed by atoms with Gasteiger partial charge in [-0.25, -0.2) is 0 Å². The van der Waals surface area contributed by atoms with Crippen molar-refractivity contribution in [2.75, 3.05) is 19.7 Å². The molecule has 0 unspecified atom stereocenters. The fraction of sp³-hybridized carbons (Fsp3) is 0.217. The van der Waals surface area contributed by atoms with E-state index in [1.165, 1.54) is 0 Å². The number of aromatic nitrogens is 2. The van der Waals surface area contributed by atoms with Gasteiger partial charge in [0.05, 0.1) is 5.56 Å². The van der Waals surface area contributed by atoms with Crippen LogP contribution < -0.4 is 10.1 Å². The summed E-state index contributed by atoms with van der Waals surface area (Å²) in [5, 5.41) is 5.44. The second-order valence-electron chi connectivity index (χ2n) is 7.03. The summed E-state index contributed by atoms with van der Waals surface area (Å²) in [5.41, 5.74) is 3.81. The van der Waals surface area contributed by atoms with E-state index in [1.54, 1.807) is 6.20 Å². The van der Waals surface area contributed by atoms with Gasteiger partial charge in [0.15, 0.2) is 6.61 Å². The number of para-hydroxylation sites is 2. The lowest BCUT2D eigenvalue weighted by Crippen LogP contribution is -2.18. The number of nitrogens with one attached hydrogen (secondary N) is 1. The van der Waals surface area contributed by atoms with Gasteiger partial charge in [0, 0.05) is 54.2 Å². The highest BCUT2D eigenvalue weighted by atomic mass is 16.5. The Balaban J connectivity index is 1.50. The zero-order valence-corrected chi connectivity index (χ0v) is 15.5. The van der Waals surface area contributed by atoms with Crippen molar-refractivity contribution in [1.29, 1.82) is 0 Å². The zero-order chi connectivity index (χ0) is 18.9. The van der Waals surface area contributed by atoms with Crippen LogP contribution in [0.15, 0.2) is 60.8 Å². The van der Waals surface area contributed by atoms with Crippen molar-refractivity contribution >= 4 is 27.6 Å². The standard InChI is InChI=1S/C23H21N3O2/c27-20(15-28-21-9-3-5-16-6-4-11-25-23(16)21)22-17-7-1-2-8-18(17)26-14-13-24-12-10-19(22)26/h1-9,11,24H,10,12-15H2. The number of ketones is 1. The molecule has 0 saturated carbocycles. The summed E-state index contributed by atoms with van der Waals surface area (Å²) < 4.78 is 8.22. The number of nitrogens with zero attached hydrogens (tertiary/aromatic N) is 2. The largest absolute Gasteiger partial charge is 0.483 e. The lowest BCUT2D eigenvalue weighted by Gasteiger charge is -2.09. The zero-order valence-electron chi connectivity index (χ0n) is 15.5. The highest BCUT2D eigenvalue weighted by molar-refractivity contribution is 6.10. The average Bonchev–Trinajstić information content (AvgIpc) is 2.87. The van der Waals surface area contributed by atoms with Crippen molar-refractivity contribution in [3.8, 4) is 5.75 Å². The summed E-state index contributed by atoms with van der Waals surface area (Å²) in [7, 11) is 0. The van der Waals surface area contributed by atoms with Crippen LogP contribution in [-0.2, 0) is 13.0 Å². The summed E-state index contributed by atoms with van der Waals surface area (Å²) in [4.78, 5) is 17.6. The van der Waals surface area contributed by atoms with Crippen LogP contribution in [0.2, 0.25) is 0 Å². The van der Waals surface area contributed by atoms with Crippen LogP contribution in [0.5, 0.6) is 5.75 Å². The van der Waals surface area contributed by atoms with Crippen LogP contribution in [0.1, 0.15) is 16.1 Å². The van der Waals surface area contributed by atoms with Crippen molar-refractivity contribution in [2.24, 2.45) is 0 Å². The highest BCUT2D eigenvalue weighted by Gasteiger charge is 2.23. The van der Waals surface area contributed by atoms with E-state index in [2.05, 4.69) is 20.9 Å². The first-order valence-electron chi connectivity index (χ1n) is 9.63. The molecule has 5 heteroatoms. The number of hydrogen-bond acceptors (Lipinski definition) is 4. The molecule has 0 spiro atoms. The van der Waals surface area contributed by atoms with Crippen molar-refractivity contribution in [2.45, 2.75) is 13.0 Å². The van der Waals surface area contributed by atoms with Gasteiger partial charge in [-0.2, -0.15) is 0 Å². The second kappa shape index (κ2) is 7.09. The highest BCUT2D eigenvalue weighted by Crippen LogP contribution is 2.29. The first-order chi connectivity index (χ1) is 13.8. The summed E-state index contributed by atoms with van der Waals surface area (Å²) in [5.74, 6) is 0.655. The summed E-state index contributed by atoms with van der Waals surface area (Å²) in [6.45, 7) is 2.67. The third kappa shape index (κ3) is 2.84. The summed E-state index contributed by atoms with van der Waals surface area (Å²) >= 11 is 0. The molecule has 1 aliphatic heterocycles. The number of rotatable bonds is 4. The normalized spacial score (nSPS) is 14.0. The number of ether oxygens (including phenoxy) is 1. The number of carbonyl (C=O) groups excluding carboxylic acids is 1. The molecular formula is C23H21N3O2. The Bertz CT molecular complexity index is 1170. The minimum atomic E-state index is 0.00409. The van der Waals surface area contributed by atoms with Crippen LogP contribution in [0, 0.1) is 0 Å². The summed E-state index contributed by atoms with van der Waals surface area (Å²) in [6, 6.07) is 17.8. The van der Waals surface area contributed by atoms with Crippen molar-refractivity contribution in [1.82, 2.24) is 14.9 Å². The number of hydrogen-bond donors (Lipinski definition) is 1. The monoisotopic (exact) mass is 371 g/mol. The Morgan fingerprint density at radius 1 is 1.07 bits per heavy atom. The van der Waals surface area contributed by atoms with Gasteiger partial charge in [0.1, 0.15) is 11.3 Å². The Kier molecular flexibility index (Phi) is 4.29. The van der Waals surface area contributed by atoms with E-state index < -0.39 is 0 Å². The molecule has 3 heterocycles. The van der Waals surface area contributed by atoms with Crippen molar-refractivity contribution < 1.29 is 9.53 Å². The molecule has 0 atom stereocenters. The molecular weight excluding hydrogens is 350 g/mol. The Labute approximate surface area is 162 Å². The van der Waals surface area contributed by atoms with Crippen molar-refractivity contribution in [3.63, 3.8) is 0 Å². The van der Waals surface area contributed by atoms with Crippen LogP contribution in [-0.4, -0.2) is 35.0 Å². The lowest BCUT2D eigenvalue weighted by atomic mass is 10.1. The quantitative estimate of drug-likeness (QED) is 0.557. The van der Waals surface area contributed by atoms with E-state index >= 15 is 0 Å². The molecule has 1 aliphatic rings. The Morgan fingerprint density at radius 3 is 2.93 bits per heavy atom. The average molecular weight is 371 g/mol. The smallest absolute Gasteiger partial charge is 0.202 e. The fourth-order valence-electron chi connectivity index (χ4n) is 4.11. The van der Waals surface area contributed by atoms with Gasteiger partial charge in [-0.15, -0.1) is 0 Å². The van der Waals surface area contributed by atoms with E-state index in [1.807, 2.05) is 48.5 Å². The number of pyridine rings is 1. The molecule has 2 aromatic heterocycles. The molecule has 0 bridgehead atoms. The maximum absolute atomic E-state index is 13.2. The third-order valence-electron chi connectivity index (χ3n) is 5.36. The van der Waals surface area contributed by atoms with Gasteiger partial charge >= 0.3 is 0 Å². The molecule has 4 aromatic rings. The minimum Gasteiger partial charge on any atom is -0.483 e. The lowest BCUT2D eigenvalue weighted by molar-refractivity contribution is 0.0923. The molecule has 0 saturated heterocycles. The number of benzene rings is 2. The minimum absolute atomic E-state index is 0.00409. The Hall–Kier alpha value is -3.18. The van der Waals surface area contributed by atoms with Crippen LogP contribution >= 0.6 is 0 Å². The molecule has 5 rings (SSSR count). The topological polar surface area (TPSA) is 56.1 Å². The SMILES string of the molecule is O=C(COc1cccc2cccnc12)c1c2n(c3ccccc13)CCNCC2. The molecule has 0 amide bonds. The number of fused-ring (bicyclic) bond motifs is 4. The maximum atomic E-state index is 13.2. The first-order valence-corrected chi connectivity index (χ1v) is 9.63. The molecule has 0 fully saturated rings. The van der Waals surface area contributed by atoms with Gasteiger partial charge < -0.3 is 14.6 Å². The van der Waals surface area contributed by atoms with Gasteiger partial charge in [0.2, 0.25) is 5.78 Å². The molecule has 2 aromatic carbocycles. The van der Waals surface area contributed by atoms with Crippen molar-refractivity contribution in [3.05, 3.63) is 72.1 Å². The van der Waals surface area contributed by atoms with E-state index in [9.17, 15) is 4.79 Å². The maximum Gasteiger partial charge on any atom is 0.202 e. The third-order valence-corrected chi connectivity index (χ3v) is 5.36. The van der Waals surface area contributed by atoms with Gasteiger partial charge in [-0.05, 0) is 18.2 Å². The number of carbonyl (C=O) groups is 1. The van der Waals surface area contributed by atoms with Crippen LogP contribution in [0.25, 0.3) is 21.8 Å². The first kappa shape index (κ1) is 17.0. The molecule has 0 aliphatic carbocycles. The Morgan fingerprint density at radius 2 is 1.96 bits per heavy atom.